The van der Waals surface area contributed by atoms with Crippen LogP contribution in [0.5, 0.6) is 0 Å². The number of unbranched alkanes of at least 4 members (excludes halogenated alkanes) is 1. The Morgan fingerprint density at radius 2 is 1.37 bits per heavy atom. The number of ether oxygens (including phenoxy) is 3. The second kappa shape index (κ2) is 28.4. The summed E-state index contributed by atoms with van der Waals surface area (Å²) in [5, 5.41) is 26.1. The molecule has 0 spiro atoms. The van der Waals surface area contributed by atoms with Crippen molar-refractivity contribution >= 4 is 121 Å². The standard InChI is InChI=1S/C56H57N13O11S6/c1-26(2)42-56-69-45(36(86-56)21-78-6)49(76)58-20-40(73)66-46(47(80-28(4)70)29-13-9-8-10-14-29)55-63-35(24-83-55)53-61-33(22-82-53)44-30(17-18-31(59-44)52-65-37(25-84-52)64-38(71)15-11-12-16-41(74)79-7)51-62-34(23-81-51)48(75)60-32(19-39(72)57-5)54-68-43(27(3)85-54)50(77)67-42/h8-10,13-14,17-18,22-26,32,42,46-47H,11-12,15-16,19-21H2,1-7H3,(H,57,72)(H,58,76)(H,60,75)(H,64,71)(H,66,73)(H,67,77)/t32-,42+,46-,47-/m0/s1. The highest BCUT2D eigenvalue weighted by molar-refractivity contribution is 7.15. The van der Waals surface area contributed by atoms with Gasteiger partial charge in [-0.15, -0.1) is 68.0 Å². The molecule has 10 bridgehead atoms. The molecule has 6 N–H and O–H groups in total. The zero-order valence-corrected chi connectivity index (χ0v) is 52.2. The van der Waals surface area contributed by atoms with Crippen LogP contribution in [-0.2, 0) is 44.8 Å². The van der Waals surface area contributed by atoms with E-state index in [9.17, 15) is 38.4 Å². The molecule has 1 aromatic carbocycles. The van der Waals surface area contributed by atoms with E-state index in [1.165, 1.54) is 73.5 Å². The molecule has 0 saturated carbocycles. The molecule has 8 aromatic rings. The smallest absolute Gasteiger partial charge is 0.305 e. The van der Waals surface area contributed by atoms with Crippen LogP contribution in [0.2, 0.25) is 0 Å². The maximum atomic E-state index is 14.3. The SMILES string of the molecule is CNC(=O)C[C@@H]1NC(=O)c2csc(n2)-c2ccc(-c3nc(NC(=O)CCCCC(=O)OC)cs3)nc2-c2csc(n2)-c2csc(n2)[C@H]([C@@H](OC(C)=O)c2ccccc2)NC(=O)CNC(=O)c2nc(sc2COC)[C@@H](C(C)C)NC(=O)c2nc1sc2C. The van der Waals surface area contributed by atoms with Gasteiger partial charge in [-0.1, -0.05) is 44.2 Å². The van der Waals surface area contributed by atoms with Crippen molar-refractivity contribution in [3.63, 3.8) is 0 Å². The van der Waals surface area contributed by atoms with Crippen LogP contribution in [0.3, 0.4) is 0 Å². The van der Waals surface area contributed by atoms with Crippen LogP contribution in [0.15, 0.2) is 64.0 Å². The first kappa shape index (κ1) is 62.4. The van der Waals surface area contributed by atoms with E-state index >= 15 is 0 Å². The van der Waals surface area contributed by atoms with Gasteiger partial charge in [0.2, 0.25) is 17.7 Å². The fraction of sp³-hybridized carbons (Fsp3) is 0.339. The molecule has 86 heavy (non-hydrogen) atoms. The minimum atomic E-state index is -1.08. The molecule has 7 aromatic heterocycles. The third-order valence-electron chi connectivity index (χ3n) is 13.0. The number of thiazole rings is 6. The molecule has 8 heterocycles. The number of hydrogen-bond donors (Lipinski definition) is 6. The van der Waals surface area contributed by atoms with Crippen molar-refractivity contribution in [2.24, 2.45) is 5.92 Å². The quantitative estimate of drug-likeness (QED) is 0.0413. The lowest BCUT2D eigenvalue weighted by atomic mass is 10.0. The molecule has 0 saturated heterocycles. The molecular weight excluding hydrogens is 1220 g/mol. The van der Waals surface area contributed by atoms with E-state index in [2.05, 4.69) is 36.9 Å². The Bertz CT molecular complexity index is 3810. The van der Waals surface area contributed by atoms with Gasteiger partial charge in [-0.05, 0) is 43.4 Å². The molecule has 0 aliphatic carbocycles. The van der Waals surface area contributed by atoms with Gasteiger partial charge >= 0.3 is 11.9 Å². The summed E-state index contributed by atoms with van der Waals surface area (Å²) in [6.07, 6.45) is 0.0146. The number of amides is 6. The van der Waals surface area contributed by atoms with Crippen LogP contribution >= 0.6 is 68.0 Å². The summed E-state index contributed by atoms with van der Waals surface area (Å²) in [5.74, 6) is -4.14. The number of rotatable bonds is 15. The van der Waals surface area contributed by atoms with Crippen molar-refractivity contribution in [3.05, 3.63) is 111 Å². The average molecular weight is 1280 g/mol. The highest BCUT2D eigenvalue weighted by Gasteiger charge is 2.35. The van der Waals surface area contributed by atoms with E-state index in [4.69, 9.17) is 44.1 Å². The number of pyridine rings is 1. The van der Waals surface area contributed by atoms with Gasteiger partial charge in [0.25, 0.3) is 17.7 Å². The van der Waals surface area contributed by atoms with Gasteiger partial charge in [0.1, 0.15) is 76.1 Å². The first-order valence-electron chi connectivity index (χ1n) is 26.7. The third kappa shape index (κ3) is 15.1. The van der Waals surface area contributed by atoms with Crippen molar-refractivity contribution in [1.82, 2.24) is 61.5 Å². The molecule has 1 aliphatic heterocycles. The Morgan fingerprint density at radius 3 is 2.12 bits per heavy atom. The van der Waals surface area contributed by atoms with E-state index < -0.39 is 66.3 Å². The second-order valence-electron chi connectivity index (χ2n) is 19.6. The van der Waals surface area contributed by atoms with E-state index in [0.29, 0.717) is 87.4 Å². The minimum absolute atomic E-state index is 0.0135. The van der Waals surface area contributed by atoms with Gasteiger partial charge in [0, 0.05) is 65.9 Å². The maximum absolute atomic E-state index is 14.3. The number of hydrogen-bond acceptors (Lipinski definition) is 24. The lowest BCUT2D eigenvalue weighted by molar-refractivity contribution is -0.149. The van der Waals surface area contributed by atoms with Gasteiger partial charge < -0.3 is 46.1 Å². The van der Waals surface area contributed by atoms with Crippen LogP contribution < -0.4 is 31.9 Å². The molecule has 9 rings (SSSR count). The summed E-state index contributed by atoms with van der Waals surface area (Å²) in [6, 6.07) is 9.55. The summed E-state index contributed by atoms with van der Waals surface area (Å²) >= 11 is 7.16. The lowest BCUT2D eigenvalue weighted by Crippen LogP contribution is -2.41. The van der Waals surface area contributed by atoms with Crippen molar-refractivity contribution < 1.29 is 52.6 Å². The van der Waals surface area contributed by atoms with Crippen LogP contribution in [0.25, 0.3) is 43.4 Å². The first-order chi connectivity index (χ1) is 41.4. The van der Waals surface area contributed by atoms with Crippen molar-refractivity contribution in [2.75, 3.05) is 33.1 Å². The van der Waals surface area contributed by atoms with Crippen LogP contribution in [-0.4, -0.2) is 110 Å². The number of nitrogens with zero attached hydrogens (tertiary/aromatic N) is 7. The van der Waals surface area contributed by atoms with Crippen LogP contribution in [0.1, 0.15) is 139 Å². The fourth-order valence-corrected chi connectivity index (χ4v) is 14.3. The summed E-state index contributed by atoms with van der Waals surface area (Å²) in [7, 11) is 4.25. The van der Waals surface area contributed by atoms with Gasteiger partial charge in [-0.2, -0.15) is 0 Å². The Kier molecular flexibility index (Phi) is 20.6. The Labute approximate surface area is 516 Å². The maximum Gasteiger partial charge on any atom is 0.305 e. The molecule has 4 atom stereocenters. The number of methoxy groups -OCH3 is 2. The topological polar surface area (TPSA) is 327 Å². The number of fused-ring (bicyclic) bond motifs is 14. The third-order valence-corrected chi connectivity index (χ3v) is 18.8. The van der Waals surface area contributed by atoms with E-state index in [1.807, 2.05) is 13.8 Å². The number of anilines is 1. The Morgan fingerprint density at radius 1 is 0.663 bits per heavy atom. The summed E-state index contributed by atoms with van der Waals surface area (Å²) in [5.41, 5.74) is 2.69. The average Bonchev–Trinajstić information content (AvgIpc) is 2.06. The zero-order valence-electron chi connectivity index (χ0n) is 47.3. The van der Waals surface area contributed by atoms with Gasteiger partial charge in [-0.25, -0.2) is 34.9 Å². The van der Waals surface area contributed by atoms with Gasteiger partial charge in [0.05, 0.1) is 49.3 Å². The van der Waals surface area contributed by atoms with Crippen molar-refractivity contribution in [2.45, 2.75) is 90.6 Å². The van der Waals surface area contributed by atoms with E-state index in [-0.39, 0.29) is 65.8 Å². The molecule has 30 heteroatoms. The number of carbonyl (C=O) groups is 8. The second-order valence-corrected chi connectivity index (χ2v) is 25.4. The van der Waals surface area contributed by atoms with Crippen LogP contribution in [0, 0.1) is 12.8 Å². The molecular formula is C56H57N13O11S6. The zero-order chi connectivity index (χ0) is 61.2. The molecule has 0 unspecified atom stereocenters. The predicted octanol–water partition coefficient (Wildman–Crippen LogP) is 8.55. The number of aromatic nitrogens is 7. The molecule has 448 valence electrons. The van der Waals surface area contributed by atoms with Crippen molar-refractivity contribution in [3.8, 4) is 43.4 Å². The van der Waals surface area contributed by atoms with E-state index in [0.717, 1.165) is 22.7 Å². The molecule has 0 fully saturated rings. The summed E-state index contributed by atoms with van der Waals surface area (Å²) in [6.45, 7) is 6.16. The number of nitrogens with one attached hydrogen (secondary N) is 6. The number of esters is 2. The molecule has 0 radical (unpaired) electrons. The number of carbonyl (C=O) groups excluding carboxylic acids is 8. The highest BCUT2D eigenvalue weighted by atomic mass is 32.1. The summed E-state index contributed by atoms with van der Waals surface area (Å²) < 4.78 is 16.1. The van der Waals surface area contributed by atoms with Gasteiger partial charge in [0.15, 0.2) is 6.10 Å². The lowest BCUT2D eigenvalue weighted by Gasteiger charge is -2.26. The van der Waals surface area contributed by atoms with E-state index in [1.54, 1.807) is 70.9 Å². The fourth-order valence-electron chi connectivity index (χ4n) is 8.80. The first-order valence-corrected chi connectivity index (χ1v) is 31.8. The molecule has 6 amide bonds. The molecule has 24 nitrogen and oxygen atoms in total. The Balaban J connectivity index is 1.12. The largest absolute Gasteiger partial charge is 0.469 e. The highest BCUT2D eigenvalue weighted by Crippen LogP contribution is 2.41. The minimum Gasteiger partial charge on any atom is -0.469 e. The number of benzene rings is 1. The number of aryl methyl sites for hydroxylation is 1. The van der Waals surface area contributed by atoms with Crippen LogP contribution in [0.4, 0.5) is 5.82 Å². The Hall–Kier alpha value is -8.13. The predicted molar refractivity (Wildman–Crippen MR) is 326 cm³/mol. The normalized spacial score (nSPS) is 16.0. The van der Waals surface area contributed by atoms with Gasteiger partial charge in [-0.3, -0.25) is 38.4 Å². The van der Waals surface area contributed by atoms with Crippen molar-refractivity contribution in [1.29, 1.82) is 0 Å². The monoisotopic (exact) mass is 1280 g/mol. The summed E-state index contributed by atoms with van der Waals surface area (Å²) in [4.78, 5) is 142. The molecule has 1 aliphatic rings.